The summed E-state index contributed by atoms with van der Waals surface area (Å²) in [5.74, 6) is -0.0859. The quantitative estimate of drug-likeness (QED) is 0.635. The fraction of sp³-hybridized carbons (Fsp3) is 0.917. The number of ether oxygens (including phenoxy) is 1. The van der Waals surface area contributed by atoms with E-state index in [1.54, 1.807) is 0 Å². The highest BCUT2D eigenvalue weighted by molar-refractivity contribution is 5.66. The van der Waals surface area contributed by atoms with Gasteiger partial charge >= 0.3 is 5.97 Å². The fourth-order valence-corrected chi connectivity index (χ4v) is 2.04. The lowest BCUT2D eigenvalue weighted by Gasteiger charge is -2.34. The van der Waals surface area contributed by atoms with Crippen molar-refractivity contribution in [1.29, 1.82) is 0 Å². The van der Waals surface area contributed by atoms with Gasteiger partial charge in [0.15, 0.2) is 0 Å². The summed E-state index contributed by atoms with van der Waals surface area (Å²) in [5.41, 5.74) is 0. The second-order valence-corrected chi connectivity index (χ2v) is 4.99. The van der Waals surface area contributed by atoms with Gasteiger partial charge in [0.2, 0.25) is 0 Å². The van der Waals surface area contributed by atoms with Gasteiger partial charge in [0.25, 0.3) is 0 Å². The zero-order chi connectivity index (χ0) is 12.7. The third kappa shape index (κ3) is 6.61. The Morgan fingerprint density at radius 1 is 1.59 bits per heavy atom. The van der Waals surface area contributed by atoms with Crippen molar-refractivity contribution in [3.8, 4) is 0 Å². The van der Waals surface area contributed by atoms with E-state index in [0.29, 0.717) is 12.5 Å². The summed E-state index contributed by atoms with van der Waals surface area (Å²) in [4.78, 5) is 12.8. The standard InChI is InChI=1S/C12H24N2O3/c1-10(2)8-14-5-6-17-11(9-14)7-13-4-3-12(15)16/h10-11,13H,3-9H2,1-2H3,(H,15,16). The highest BCUT2D eigenvalue weighted by Crippen LogP contribution is 2.07. The number of rotatable bonds is 7. The first kappa shape index (κ1) is 14.4. The van der Waals surface area contributed by atoms with E-state index in [1.807, 2.05) is 0 Å². The van der Waals surface area contributed by atoms with E-state index < -0.39 is 5.97 Å². The third-order valence-corrected chi connectivity index (χ3v) is 2.73. The summed E-state index contributed by atoms with van der Waals surface area (Å²) in [6.45, 7) is 9.52. The molecule has 1 heterocycles. The van der Waals surface area contributed by atoms with E-state index in [-0.39, 0.29) is 12.5 Å². The van der Waals surface area contributed by atoms with Crippen LogP contribution in [-0.4, -0.2) is 61.4 Å². The summed E-state index contributed by atoms with van der Waals surface area (Å²) in [5, 5.41) is 11.6. The molecule has 0 spiro atoms. The van der Waals surface area contributed by atoms with Gasteiger partial charge in [-0.05, 0) is 5.92 Å². The first-order valence-electron chi connectivity index (χ1n) is 6.34. The second kappa shape index (κ2) is 7.63. The summed E-state index contributed by atoms with van der Waals surface area (Å²) in [6.07, 6.45) is 0.360. The van der Waals surface area contributed by atoms with Crippen molar-refractivity contribution in [2.75, 3.05) is 39.3 Å². The maximum absolute atomic E-state index is 10.3. The van der Waals surface area contributed by atoms with Crippen molar-refractivity contribution < 1.29 is 14.6 Å². The molecule has 2 N–H and O–H groups in total. The van der Waals surface area contributed by atoms with Crippen LogP contribution in [0.5, 0.6) is 0 Å². The SMILES string of the molecule is CC(C)CN1CCOC(CNCCC(=O)O)C1. The molecule has 5 nitrogen and oxygen atoms in total. The Hall–Kier alpha value is -0.650. The molecule has 0 radical (unpaired) electrons. The molecule has 1 atom stereocenters. The van der Waals surface area contributed by atoms with Crippen LogP contribution in [0.15, 0.2) is 0 Å². The van der Waals surface area contributed by atoms with Crippen molar-refractivity contribution in [3.05, 3.63) is 0 Å². The maximum Gasteiger partial charge on any atom is 0.304 e. The predicted molar refractivity (Wildman–Crippen MR) is 66.1 cm³/mol. The van der Waals surface area contributed by atoms with Crippen LogP contribution >= 0.6 is 0 Å². The lowest BCUT2D eigenvalue weighted by Crippen LogP contribution is -2.47. The molecule has 1 saturated heterocycles. The van der Waals surface area contributed by atoms with Crippen molar-refractivity contribution >= 4 is 5.97 Å². The highest BCUT2D eigenvalue weighted by Gasteiger charge is 2.20. The van der Waals surface area contributed by atoms with Crippen LogP contribution in [-0.2, 0) is 9.53 Å². The van der Waals surface area contributed by atoms with E-state index in [0.717, 1.165) is 32.8 Å². The lowest BCUT2D eigenvalue weighted by molar-refractivity contribution is -0.136. The number of hydrogen-bond donors (Lipinski definition) is 2. The van der Waals surface area contributed by atoms with Gasteiger partial charge < -0.3 is 15.2 Å². The van der Waals surface area contributed by atoms with E-state index in [1.165, 1.54) is 0 Å². The Bertz CT molecular complexity index is 234. The minimum absolute atomic E-state index is 0.169. The number of nitrogens with zero attached hydrogens (tertiary/aromatic N) is 1. The molecular formula is C12H24N2O3. The summed E-state index contributed by atoms with van der Waals surface area (Å²) < 4.78 is 5.65. The van der Waals surface area contributed by atoms with Gasteiger partial charge in [0, 0.05) is 32.7 Å². The van der Waals surface area contributed by atoms with Gasteiger partial charge in [-0.15, -0.1) is 0 Å². The number of carbonyl (C=O) groups is 1. The van der Waals surface area contributed by atoms with Crippen LogP contribution in [0, 0.1) is 5.92 Å². The number of carboxylic acids is 1. The van der Waals surface area contributed by atoms with Crippen molar-refractivity contribution in [2.45, 2.75) is 26.4 Å². The van der Waals surface area contributed by atoms with E-state index >= 15 is 0 Å². The Morgan fingerprint density at radius 3 is 3.00 bits per heavy atom. The van der Waals surface area contributed by atoms with Crippen LogP contribution in [0.4, 0.5) is 0 Å². The minimum atomic E-state index is -0.761. The number of aliphatic carboxylic acids is 1. The monoisotopic (exact) mass is 244 g/mol. The molecule has 1 aliphatic heterocycles. The molecule has 0 aliphatic carbocycles. The van der Waals surface area contributed by atoms with E-state index in [4.69, 9.17) is 9.84 Å². The molecule has 0 aromatic heterocycles. The number of nitrogens with one attached hydrogen (secondary N) is 1. The summed E-state index contributed by atoms with van der Waals surface area (Å²) in [6, 6.07) is 0. The Balaban J connectivity index is 2.14. The largest absolute Gasteiger partial charge is 0.481 e. The smallest absolute Gasteiger partial charge is 0.304 e. The van der Waals surface area contributed by atoms with Crippen LogP contribution in [0.1, 0.15) is 20.3 Å². The highest BCUT2D eigenvalue weighted by atomic mass is 16.5. The summed E-state index contributed by atoms with van der Waals surface area (Å²) >= 11 is 0. The van der Waals surface area contributed by atoms with Crippen molar-refractivity contribution in [2.24, 2.45) is 5.92 Å². The Kier molecular flexibility index (Phi) is 6.47. The van der Waals surface area contributed by atoms with Gasteiger partial charge in [-0.1, -0.05) is 13.8 Å². The number of carboxylic acid groups (broad SMARTS) is 1. The van der Waals surface area contributed by atoms with Crippen molar-refractivity contribution in [1.82, 2.24) is 10.2 Å². The zero-order valence-electron chi connectivity index (χ0n) is 10.8. The van der Waals surface area contributed by atoms with Gasteiger partial charge in [-0.25, -0.2) is 0 Å². The first-order valence-corrected chi connectivity index (χ1v) is 6.34. The predicted octanol–water partition coefficient (Wildman–Crippen LogP) is 0.408. The Morgan fingerprint density at radius 2 is 2.35 bits per heavy atom. The molecule has 100 valence electrons. The van der Waals surface area contributed by atoms with Gasteiger partial charge in [0.1, 0.15) is 0 Å². The normalized spacial score (nSPS) is 21.9. The molecule has 1 fully saturated rings. The fourth-order valence-electron chi connectivity index (χ4n) is 2.04. The second-order valence-electron chi connectivity index (χ2n) is 4.99. The number of hydrogen-bond acceptors (Lipinski definition) is 4. The van der Waals surface area contributed by atoms with Crippen LogP contribution in [0.3, 0.4) is 0 Å². The van der Waals surface area contributed by atoms with Crippen LogP contribution < -0.4 is 5.32 Å². The Labute approximate surface area is 103 Å². The van der Waals surface area contributed by atoms with Gasteiger partial charge in [-0.3, -0.25) is 9.69 Å². The molecule has 5 heteroatoms. The van der Waals surface area contributed by atoms with Gasteiger partial charge in [0.05, 0.1) is 19.1 Å². The molecule has 1 unspecified atom stereocenters. The molecule has 17 heavy (non-hydrogen) atoms. The average molecular weight is 244 g/mol. The molecule has 0 aromatic rings. The first-order chi connectivity index (χ1) is 8.08. The lowest BCUT2D eigenvalue weighted by atomic mass is 10.2. The van der Waals surface area contributed by atoms with Crippen molar-refractivity contribution in [3.63, 3.8) is 0 Å². The topological polar surface area (TPSA) is 61.8 Å². The van der Waals surface area contributed by atoms with Gasteiger partial charge in [-0.2, -0.15) is 0 Å². The minimum Gasteiger partial charge on any atom is -0.481 e. The van der Waals surface area contributed by atoms with E-state index in [2.05, 4.69) is 24.1 Å². The molecule has 0 bridgehead atoms. The third-order valence-electron chi connectivity index (χ3n) is 2.73. The molecular weight excluding hydrogens is 220 g/mol. The van der Waals surface area contributed by atoms with Crippen LogP contribution in [0.2, 0.25) is 0 Å². The number of morpholine rings is 1. The molecule has 0 aromatic carbocycles. The molecule has 0 saturated carbocycles. The summed E-state index contributed by atoms with van der Waals surface area (Å²) in [7, 11) is 0. The zero-order valence-corrected chi connectivity index (χ0v) is 10.8. The average Bonchev–Trinajstić information content (AvgIpc) is 2.24. The maximum atomic E-state index is 10.3. The van der Waals surface area contributed by atoms with Crippen LogP contribution in [0.25, 0.3) is 0 Å². The molecule has 1 aliphatic rings. The van der Waals surface area contributed by atoms with E-state index in [9.17, 15) is 4.79 Å². The molecule has 1 rings (SSSR count). The molecule has 0 amide bonds.